The Labute approximate surface area is 255 Å². The number of esters is 1. The zero-order valence-corrected chi connectivity index (χ0v) is 25.4. The minimum absolute atomic E-state index is 0.118. The lowest BCUT2D eigenvalue weighted by atomic mass is 9.49. The van der Waals surface area contributed by atoms with Gasteiger partial charge in [0.15, 0.2) is 11.5 Å². The van der Waals surface area contributed by atoms with Gasteiger partial charge in [0.05, 0.1) is 32.3 Å². The van der Waals surface area contributed by atoms with Crippen LogP contribution in [-0.2, 0) is 23.8 Å². The molecule has 2 bridgehead atoms. The Balaban J connectivity index is 1.43. The van der Waals surface area contributed by atoms with Gasteiger partial charge in [-0.2, -0.15) is 0 Å². The van der Waals surface area contributed by atoms with E-state index in [1.807, 2.05) is 0 Å². The number of nitrogens with zero attached hydrogens (tertiary/aromatic N) is 1. The van der Waals surface area contributed by atoms with Crippen LogP contribution in [0.1, 0.15) is 58.4 Å². The van der Waals surface area contributed by atoms with Gasteiger partial charge in [-0.3, -0.25) is 9.59 Å². The highest BCUT2D eigenvalue weighted by Gasteiger charge is 2.71. The number of hydrogen-bond donors (Lipinski definition) is 2. The van der Waals surface area contributed by atoms with Crippen molar-refractivity contribution in [2.24, 2.45) is 17.3 Å². The molecule has 1 amide bonds. The first-order valence-electron chi connectivity index (χ1n) is 15.4. The van der Waals surface area contributed by atoms with E-state index in [0.717, 1.165) is 60.5 Å². The first-order chi connectivity index (χ1) is 20.7. The summed E-state index contributed by atoms with van der Waals surface area (Å²) in [4.78, 5) is 25.9. The van der Waals surface area contributed by atoms with Gasteiger partial charge in [0.1, 0.15) is 11.9 Å². The Morgan fingerprint density at radius 1 is 1.23 bits per heavy atom. The fraction of sp³-hybridized carbons (Fsp3) is 0.576. The quantitative estimate of drug-likeness (QED) is 0.148. The van der Waals surface area contributed by atoms with Crippen LogP contribution < -0.4 is 5.32 Å². The number of ether oxygens (including phenoxy) is 3. The van der Waals surface area contributed by atoms with Crippen molar-refractivity contribution in [2.75, 3.05) is 20.1 Å². The van der Waals surface area contributed by atoms with Crippen LogP contribution in [0.3, 0.4) is 0 Å². The predicted molar refractivity (Wildman–Crippen MR) is 154 cm³/mol. The Morgan fingerprint density at radius 3 is 2.61 bits per heavy atom. The van der Waals surface area contributed by atoms with E-state index in [0.29, 0.717) is 17.9 Å². The van der Waals surface area contributed by atoms with Crippen molar-refractivity contribution >= 4 is 18.0 Å². The molecule has 44 heavy (non-hydrogen) atoms. The maximum absolute atomic E-state index is 13.5. The second kappa shape index (κ2) is 10.7. The van der Waals surface area contributed by atoms with Crippen LogP contribution in [0.25, 0.3) is 6.08 Å². The zero-order valence-electron chi connectivity index (χ0n) is 25.4. The molecule has 7 atom stereocenters. The van der Waals surface area contributed by atoms with Gasteiger partial charge in [-0.05, 0) is 30.1 Å². The second-order valence-electron chi connectivity index (χ2n) is 13.6. The van der Waals surface area contributed by atoms with E-state index in [1.165, 1.54) is 25.1 Å². The number of allylic oxidation sites excluding steroid dienone is 1. The number of nitrogens with one attached hydrogen (secondary N) is 1. The summed E-state index contributed by atoms with van der Waals surface area (Å²) in [6.07, 6.45) is -0.183. The van der Waals surface area contributed by atoms with Crippen LogP contribution in [0.15, 0.2) is 59.1 Å². The number of amides is 1. The number of rotatable bonds is 7. The van der Waals surface area contributed by atoms with E-state index in [-0.39, 0.29) is 23.8 Å². The van der Waals surface area contributed by atoms with Crippen LogP contribution >= 0.6 is 0 Å². The van der Waals surface area contributed by atoms with Gasteiger partial charge >= 0.3 is 12.3 Å². The monoisotopic (exact) mass is 617 g/mol. The summed E-state index contributed by atoms with van der Waals surface area (Å²) >= 11 is 0. The molecule has 0 radical (unpaired) electrons. The van der Waals surface area contributed by atoms with Crippen molar-refractivity contribution in [3.63, 3.8) is 0 Å². The molecule has 0 aromatic heterocycles. The molecule has 238 valence electrons. The van der Waals surface area contributed by atoms with Crippen molar-refractivity contribution in [3.8, 4) is 0 Å². The van der Waals surface area contributed by atoms with Gasteiger partial charge in [-0.1, -0.05) is 50.6 Å². The molecule has 6 rings (SSSR count). The summed E-state index contributed by atoms with van der Waals surface area (Å²) in [6.45, 7) is 7.60. The molecule has 3 unspecified atom stereocenters. The summed E-state index contributed by atoms with van der Waals surface area (Å²) in [6, 6.07) is 8.20. The number of carbonyl (C=O) groups excluding carboxylic acids is 2. The minimum atomic E-state index is -5.16. The lowest BCUT2D eigenvalue weighted by molar-refractivity contribution is -0.948. The zero-order chi connectivity index (χ0) is 31.7. The Bertz CT molecular complexity index is 1440. The molecule has 2 aliphatic heterocycles. The van der Waals surface area contributed by atoms with Crippen molar-refractivity contribution < 1.29 is 46.6 Å². The van der Waals surface area contributed by atoms with E-state index in [2.05, 4.69) is 30.9 Å². The predicted octanol–water partition coefficient (Wildman–Crippen LogP) is 4.96. The Kier molecular flexibility index (Phi) is 7.53. The fourth-order valence-electron chi connectivity index (χ4n) is 9.03. The first-order valence-corrected chi connectivity index (χ1v) is 15.4. The molecule has 2 saturated heterocycles. The van der Waals surface area contributed by atoms with E-state index in [4.69, 9.17) is 9.47 Å². The largest absolute Gasteiger partial charge is 0.573 e. The van der Waals surface area contributed by atoms with Gasteiger partial charge in [-0.25, -0.2) is 0 Å². The average molecular weight is 618 g/mol. The van der Waals surface area contributed by atoms with Gasteiger partial charge < -0.3 is 29.1 Å². The van der Waals surface area contributed by atoms with E-state index in [9.17, 15) is 27.9 Å². The molecule has 1 aromatic rings. The third-order valence-corrected chi connectivity index (χ3v) is 10.3. The number of benzene rings is 1. The maximum Gasteiger partial charge on any atom is 0.573 e. The van der Waals surface area contributed by atoms with Gasteiger partial charge in [0, 0.05) is 48.7 Å². The maximum atomic E-state index is 13.5. The van der Waals surface area contributed by atoms with Crippen molar-refractivity contribution in [3.05, 3.63) is 64.6 Å². The minimum Gasteiger partial charge on any atom is -0.427 e. The summed E-state index contributed by atoms with van der Waals surface area (Å²) < 4.78 is 57.7. The molecule has 8 nitrogen and oxygen atoms in total. The topological polar surface area (TPSA) is 94.1 Å². The number of halogens is 3. The highest BCUT2D eigenvalue weighted by atomic mass is 19.4. The van der Waals surface area contributed by atoms with Crippen LogP contribution in [-0.4, -0.2) is 71.9 Å². The smallest absolute Gasteiger partial charge is 0.427 e. The molecule has 1 spiro atoms. The van der Waals surface area contributed by atoms with E-state index >= 15 is 0 Å². The standard InChI is InChI=1S/C33H39F3N2O6/c1-19(2)18-38(4)14-13-31-23-11-8-12-27(31)43-29-28(31)22(16-24(23)38)26(42-20(3)39)17-32(29,41)37-30(40)25(44-33(34,35)36)15-21-9-6-5-7-10-21/h5-7,9-10,15,17,19,23-24,27,29,41H,8,11-14,16,18H2,1-4H3/p+1/t23-,24+,27-,29?,31+,32?,38?/m0/s1. The number of aliphatic hydroxyl groups is 1. The molecule has 2 N–H and O–H groups in total. The van der Waals surface area contributed by atoms with Gasteiger partial charge in [0.2, 0.25) is 0 Å². The van der Waals surface area contributed by atoms with Crippen molar-refractivity contribution in [2.45, 2.75) is 83.2 Å². The summed E-state index contributed by atoms with van der Waals surface area (Å²) in [5, 5.41) is 14.6. The highest BCUT2D eigenvalue weighted by Crippen LogP contribution is 2.67. The molecule has 3 fully saturated rings. The molecule has 2 heterocycles. The number of likely N-dealkylation sites (tertiary alicyclic amines) is 1. The fourth-order valence-corrected chi connectivity index (χ4v) is 9.03. The average Bonchev–Trinajstić information content (AvgIpc) is 3.26. The van der Waals surface area contributed by atoms with E-state index < -0.39 is 41.2 Å². The molecule has 1 aromatic carbocycles. The van der Waals surface area contributed by atoms with E-state index in [1.54, 1.807) is 18.2 Å². The van der Waals surface area contributed by atoms with Gasteiger partial charge in [0.25, 0.3) is 5.91 Å². The number of hydrogen-bond acceptors (Lipinski definition) is 6. The normalized spacial score (nSPS) is 36.0. The summed E-state index contributed by atoms with van der Waals surface area (Å²) in [5.74, 6) is -2.10. The summed E-state index contributed by atoms with van der Waals surface area (Å²) in [5.41, 5.74) is -0.825. The molecular weight excluding hydrogens is 577 g/mol. The van der Waals surface area contributed by atoms with Crippen molar-refractivity contribution in [1.29, 1.82) is 0 Å². The number of alkyl halides is 3. The Morgan fingerprint density at radius 2 is 1.95 bits per heavy atom. The first kappa shape index (κ1) is 30.9. The molecule has 3 aliphatic carbocycles. The molecule has 11 heteroatoms. The lowest BCUT2D eigenvalue weighted by Crippen LogP contribution is -2.69. The number of carbonyl (C=O) groups is 2. The summed E-state index contributed by atoms with van der Waals surface area (Å²) in [7, 11) is 2.30. The highest BCUT2D eigenvalue weighted by molar-refractivity contribution is 5.96. The van der Waals surface area contributed by atoms with Crippen LogP contribution in [0, 0.1) is 17.3 Å². The van der Waals surface area contributed by atoms with Crippen LogP contribution in [0.5, 0.6) is 0 Å². The Hall–Kier alpha value is -3.15. The molecule has 1 saturated carbocycles. The van der Waals surface area contributed by atoms with Gasteiger partial charge in [-0.15, -0.1) is 13.2 Å². The third kappa shape index (κ3) is 5.16. The number of quaternary nitrogens is 1. The van der Waals surface area contributed by atoms with Crippen LogP contribution in [0.2, 0.25) is 0 Å². The van der Waals surface area contributed by atoms with Crippen LogP contribution in [0.4, 0.5) is 13.2 Å². The second-order valence-corrected chi connectivity index (χ2v) is 13.6. The molecule has 5 aliphatic rings. The SMILES string of the molecule is CC(=O)OC1=CC(O)(NC(=O)C(=Cc2ccccc2)OC(F)(F)F)C2O[C@H]3CCC[C@H]4[C@H]5CC1=C2[C@@]34CC[N+]5(C)CC(C)C. The third-order valence-electron chi connectivity index (χ3n) is 10.3. The van der Waals surface area contributed by atoms with Crippen molar-refractivity contribution in [1.82, 2.24) is 5.32 Å². The number of piperidine rings is 1. The lowest BCUT2D eigenvalue weighted by Gasteiger charge is -2.62. The molecular formula is C33H40F3N2O6+.